The molecule has 0 saturated carbocycles. The number of H-pyrrole nitrogens is 1. The van der Waals surface area contributed by atoms with Crippen molar-refractivity contribution in [3.8, 4) is 0 Å². The lowest BCUT2D eigenvalue weighted by Gasteiger charge is -2.22. The number of imide groups is 1. The van der Waals surface area contributed by atoms with Crippen LogP contribution in [0.1, 0.15) is 56.9 Å². The second-order valence-electron chi connectivity index (χ2n) is 8.28. The first kappa shape index (κ1) is 21.8. The highest BCUT2D eigenvalue weighted by molar-refractivity contribution is 6.22. The van der Waals surface area contributed by atoms with Gasteiger partial charge in [-0.3, -0.25) is 19.3 Å². The number of hydrogen-bond donors (Lipinski definition) is 3. The molecule has 0 unspecified atom stereocenters. The molecule has 0 aliphatic carbocycles. The first-order chi connectivity index (χ1) is 15.4. The van der Waals surface area contributed by atoms with Crippen molar-refractivity contribution in [2.24, 2.45) is 5.92 Å². The first-order valence-electron chi connectivity index (χ1n) is 10.9. The van der Waals surface area contributed by atoms with E-state index in [2.05, 4.69) is 10.3 Å². The summed E-state index contributed by atoms with van der Waals surface area (Å²) < 4.78 is 0. The van der Waals surface area contributed by atoms with Crippen LogP contribution in [0.25, 0.3) is 10.9 Å². The highest BCUT2D eigenvalue weighted by atomic mass is 16.3. The monoisotopic (exact) mass is 433 g/mol. The van der Waals surface area contributed by atoms with E-state index >= 15 is 0 Å². The van der Waals surface area contributed by atoms with Gasteiger partial charge in [-0.05, 0) is 42.2 Å². The van der Waals surface area contributed by atoms with E-state index in [1.54, 1.807) is 6.07 Å². The molecule has 2 atom stereocenters. The van der Waals surface area contributed by atoms with Crippen LogP contribution in [0.15, 0.2) is 48.7 Å². The number of rotatable bonds is 8. The SMILES string of the molecule is CC[C@@H](C)[C@H](CO)NC(=O)c1ccc2c(c1)C(=O)N(CCc1c[nH]c3ccccc13)C2=O. The van der Waals surface area contributed by atoms with E-state index in [1.165, 1.54) is 17.0 Å². The molecule has 2 heterocycles. The van der Waals surface area contributed by atoms with Crippen molar-refractivity contribution >= 4 is 28.6 Å². The van der Waals surface area contributed by atoms with Crippen LogP contribution in [0.5, 0.6) is 0 Å². The molecule has 1 aliphatic heterocycles. The highest BCUT2D eigenvalue weighted by Crippen LogP contribution is 2.26. The number of carbonyl (C=O) groups is 3. The van der Waals surface area contributed by atoms with Crippen molar-refractivity contribution in [3.05, 3.63) is 70.9 Å². The van der Waals surface area contributed by atoms with Crippen LogP contribution in [0.3, 0.4) is 0 Å². The molecule has 7 heteroatoms. The summed E-state index contributed by atoms with van der Waals surface area (Å²) in [6.45, 7) is 4.04. The van der Waals surface area contributed by atoms with Crippen LogP contribution in [0.4, 0.5) is 0 Å². The van der Waals surface area contributed by atoms with Gasteiger partial charge in [0.2, 0.25) is 0 Å². The Morgan fingerprint density at radius 3 is 2.62 bits per heavy atom. The maximum atomic E-state index is 13.0. The quantitative estimate of drug-likeness (QED) is 0.475. The molecule has 1 aromatic heterocycles. The number of amides is 3. The average molecular weight is 434 g/mol. The smallest absolute Gasteiger partial charge is 0.261 e. The number of nitrogens with one attached hydrogen (secondary N) is 2. The molecule has 4 rings (SSSR count). The lowest BCUT2D eigenvalue weighted by atomic mass is 9.99. The fourth-order valence-electron chi connectivity index (χ4n) is 4.11. The Morgan fingerprint density at radius 1 is 1.12 bits per heavy atom. The van der Waals surface area contributed by atoms with E-state index in [0.29, 0.717) is 17.5 Å². The average Bonchev–Trinajstić information content (AvgIpc) is 3.33. The minimum absolute atomic E-state index is 0.113. The van der Waals surface area contributed by atoms with Gasteiger partial charge in [-0.25, -0.2) is 0 Å². The summed E-state index contributed by atoms with van der Waals surface area (Å²) in [6.07, 6.45) is 3.25. The normalized spacial score (nSPS) is 15.2. The van der Waals surface area contributed by atoms with E-state index < -0.39 is 0 Å². The van der Waals surface area contributed by atoms with E-state index in [9.17, 15) is 19.5 Å². The number of aromatic nitrogens is 1. The third kappa shape index (κ3) is 3.91. The first-order valence-corrected chi connectivity index (χ1v) is 10.9. The molecule has 3 aromatic rings. The van der Waals surface area contributed by atoms with Crippen LogP contribution in [-0.4, -0.2) is 51.9 Å². The number of aromatic amines is 1. The number of nitrogens with zero attached hydrogens (tertiary/aromatic N) is 1. The summed E-state index contributed by atoms with van der Waals surface area (Å²) in [5.74, 6) is -0.990. The Bertz CT molecular complexity index is 1180. The number of fused-ring (bicyclic) bond motifs is 2. The van der Waals surface area contributed by atoms with Crippen LogP contribution in [0.2, 0.25) is 0 Å². The predicted molar refractivity (Wildman–Crippen MR) is 122 cm³/mol. The number of carbonyl (C=O) groups excluding carboxylic acids is 3. The van der Waals surface area contributed by atoms with Crippen molar-refractivity contribution in [1.82, 2.24) is 15.2 Å². The van der Waals surface area contributed by atoms with Gasteiger partial charge in [-0.2, -0.15) is 0 Å². The molecule has 2 aromatic carbocycles. The van der Waals surface area contributed by atoms with E-state index in [4.69, 9.17) is 0 Å². The van der Waals surface area contributed by atoms with Crippen molar-refractivity contribution in [3.63, 3.8) is 0 Å². The minimum atomic E-state index is -0.389. The summed E-state index contributed by atoms with van der Waals surface area (Å²) >= 11 is 0. The van der Waals surface area contributed by atoms with Crippen LogP contribution < -0.4 is 5.32 Å². The predicted octanol–water partition coefficient (Wildman–Crippen LogP) is 3.14. The van der Waals surface area contributed by atoms with Gasteiger partial charge in [0, 0.05) is 29.2 Å². The van der Waals surface area contributed by atoms with Gasteiger partial charge >= 0.3 is 0 Å². The second kappa shape index (κ2) is 8.96. The number of aliphatic hydroxyl groups excluding tert-OH is 1. The number of hydrogen-bond acceptors (Lipinski definition) is 4. The van der Waals surface area contributed by atoms with Crippen molar-refractivity contribution in [2.45, 2.75) is 32.7 Å². The molecular weight excluding hydrogens is 406 g/mol. The zero-order valence-electron chi connectivity index (χ0n) is 18.2. The Balaban J connectivity index is 1.49. The number of aliphatic hydroxyl groups is 1. The molecule has 0 fully saturated rings. The van der Waals surface area contributed by atoms with E-state index in [1.807, 2.05) is 44.3 Å². The maximum Gasteiger partial charge on any atom is 0.261 e. The summed E-state index contributed by atoms with van der Waals surface area (Å²) in [5.41, 5.74) is 2.90. The molecule has 0 saturated heterocycles. The molecule has 7 nitrogen and oxygen atoms in total. The standard InChI is InChI=1S/C25H27N3O4/c1-3-15(2)22(14-29)27-23(30)16-8-9-19-20(12-16)25(32)28(24(19)31)11-10-17-13-26-21-7-5-4-6-18(17)21/h4-9,12-13,15,22,26,29H,3,10-11,14H2,1-2H3,(H,27,30)/t15-,22+/m1/s1. The van der Waals surface area contributed by atoms with Crippen molar-refractivity contribution < 1.29 is 19.5 Å². The molecular formula is C25H27N3O4. The molecule has 0 spiro atoms. The van der Waals surface area contributed by atoms with Gasteiger partial charge in [0.1, 0.15) is 0 Å². The van der Waals surface area contributed by atoms with Gasteiger partial charge in [-0.15, -0.1) is 0 Å². The summed E-state index contributed by atoms with van der Waals surface area (Å²) in [4.78, 5) is 42.9. The molecule has 0 radical (unpaired) electrons. The maximum absolute atomic E-state index is 13.0. The van der Waals surface area contributed by atoms with E-state index in [-0.39, 0.29) is 48.4 Å². The highest BCUT2D eigenvalue weighted by Gasteiger charge is 2.36. The van der Waals surface area contributed by atoms with Gasteiger partial charge < -0.3 is 15.4 Å². The van der Waals surface area contributed by atoms with Gasteiger partial charge in [0.05, 0.1) is 23.8 Å². The zero-order chi connectivity index (χ0) is 22.8. The zero-order valence-corrected chi connectivity index (χ0v) is 18.2. The van der Waals surface area contributed by atoms with Crippen molar-refractivity contribution in [2.75, 3.05) is 13.2 Å². The third-order valence-corrected chi connectivity index (χ3v) is 6.36. The Labute approximate surface area is 186 Å². The fourth-order valence-corrected chi connectivity index (χ4v) is 4.11. The van der Waals surface area contributed by atoms with Gasteiger partial charge in [0.15, 0.2) is 0 Å². The Morgan fingerprint density at radius 2 is 1.88 bits per heavy atom. The van der Waals surface area contributed by atoms with Crippen molar-refractivity contribution in [1.29, 1.82) is 0 Å². The molecule has 1 aliphatic rings. The Kier molecular flexibility index (Phi) is 6.10. The van der Waals surface area contributed by atoms with Gasteiger partial charge in [0.25, 0.3) is 17.7 Å². The van der Waals surface area contributed by atoms with Crippen LogP contribution >= 0.6 is 0 Å². The summed E-state index contributed by atoms with van der Waals surface area (Å²) in [5, 5.41) is 13.5. The molecule has 166 valence electrons. The van der Waals surface area contributed by atoms with Gasteiger partial charge in [-0.1, -0.05) is 38.5 Å². The number of para-hydroxylation sites is 1. The summed E-state index contributed by atoms with van der Waals surface area (Å²) in [7, 11) is 0. The molecule has 3 N–H and O–H groups in total. The molecule has 0 bridgehead atoms. The fraction of sp³-hybridized carbons (Fsp3) is 0.320. The topological polar surface area (TPSA) is 102 Å². The van der Waals surface area contributed by atoms with E-state index in [0.717, 1.165) is 22.9 Å². The lowest BCUT2D eigenvalue weighted by Crippen LogP contribution is -2.41. The summed E-state index contributed by atoms with van der Waals surface area (Å²) in [6, 6.07) is 12.1. The number of benzene rings is 2. The lowest BCUT2D eigenvalue weighted by molar-refractivity contribution is 0.0656. The largest absolute Gasteiger partial charge is 0.394 e. The molecule has 3 amide bonds. The second-order valence-corrected chi connectivity index (χ2v) is 8.28. The van der Waals surface area contributed by atoms with Crippen LogP contribution in [-0.2, 0) is 6.42 Å². The Hall–Kier alpha value is -3.45. The minimum Gasteiger partial charge on any atom is -0.394 e. The van der Waals surface area contributed by atoms with Crippen LogP contribution in [0, 0.1) is 5.92 Å². The molecule has 32 heavy (non-hydrogen) atoms. The third-order valence-electron chi connectivity index (χ3n) is 6.36.